The van der Waals surface area contributed by atoms with Gasteiger partial charge in [-0.3, -0.25) is 0 Å². The van der Waals surface area contributed by atoms with Crippen molar-refractivity contribution in [3.8, 4) is 0 Å². The van der Waals surface area contributed by atoms with Crippen LogP contribution in [-0.2, 0) is 0 Å². The molecular weight excluding hydrogens is 381 g/mol. The summed E-state index contributed by atoms with van der Waals surface area (Å²) in [6, 6.07) is 0. The molecule has 0 atom stereocenters. The zero-order valence-electron chi connectivity index (χ0n) is 12.2. The van der Waals surface area contributed by atoms with Gasteiger partial charge in [0.2, 0.25) is 0 Å². The predicted octanol–water partition coefficient (Wildman–Crippen LogP) is 1.73. The third-order valence-corrected chi connectivity index (χ3v) is 2.75. The summed E-state index contributed by atoms with van der Waals surface area (Å²) in [4.78, 5) is 2.60. The van der Waals surface area contributed by atoms with Crippen LogP contribution in [0.2, 0.25) is 0 Å². The second-order valence-corrected chi connectivity index (χ2v) is 4.21. The minimum atomic E-state index is -2.48. The Morgan fingerprint density at radius 1 is 0.500 bits per heavy atom. The summed E-state index contributed by atoms with van der Waals surface area (Å²) in [5.74, 6) is -23.9. The van der Waals surface area contributed by atoms with Crippen LogP contribution in [-0.4, -0.2) is 6.34 Å². The Labute approximate surface area is 149 Å². The van der Waals surface area contributed by atoms with Gasteiger partial charge in [-0.2, -0.15) is 0 Å². The monoisotopic (exact) mass is 382 g/mol. The maximum Gasteiger partial charge on any atom is 1.00 e. The Morgan fingerprint density at radius 3 is 1.19 bits per heavy atom. The van der Waals surface area contributed by atoms with E-state index in [0.29, 0.717) is 0 Å². The standard InChI is InChI=1S/C13HF10N2.Li/c14-2-4(16)8(20)12(9(21)5(2)17)24-1-25-13-10(22)6(18)3(15)7(19)11(13)23;/h(H,24,25);/q-1;+1. The van der Waals surface area contributed by atoms with Crippen LogP contribution in [0.1, 0.15) is 0 Å². The van der Waals surface area contributed by atoms with E-state index in [1.807, 2.05) is 0 Å². The molecule has 0 spiro atoms. The normalized spacial score (nSPS) is 11.0. The van der Waals surface area contributed by atoms with E-state index in [4.69, 9.17) is 0 Å². The minimum absolute atomic E-state index is 0. The van der Waals surface area contributed by atoms with E-state index in [1.165, 1.54) is 11.7 Å². The molecule has 0 aromatic heterocycles. The molecule has 0 heterocycles. The third kappa shape index (κ3) is 3.52. The van der Waals surface area contributed by atoms with Gasteiger partial charge < -0.3 is 10.3 Å². The Hall–Kier alpha value is -2.19. The minimum Gasteiger partial charge on any atom is -0.447 e. The van der Waals surface area contributed by atoms with Gasteiger partial charge in [0.15, 0.2) is 34.9 Å². The molecular formula is C13HF10LiN2. The van der Waals surface area contributed by atoms with Crippen LogP contribution >= 0.6 is 0 Å². The van der Waals surface area contributed by atoms with E-state index < -0.39 is 69.5 Å². The maximum absolute atomic E-state index is 13.3. The molecule has 26 heavy (non-hydrogen) atoms. The van der Waals surface area contributed by atoms with Gasteiger partial charge in [0.05, 0.1) is 0 Å². The van der Waals surface area contributed by atoms with E-state index in [9.17, 15) is 43.9 Å². The summed E-state index contributed by atoms with van der Waals surface area (Å²) in [5.41, 5.74) is -3.50. The number of anilines is 1. The quantitative estimate of drug-likeness (QED) is 0.126. The van der Waals surface area contributed by atoms with E-state index >= 15 is 0 Å². The van der Waals surface area contributed by atoms with Crippen LogP contribution in [0.5, 0.6) is 0 Å². The van der Waals surface area contributed by atoms with Crippen molar-refractivity contribution >= 4 is 17.7 Å². The average molecular weight is 382 g/mol. The Bertz CT molecular complexity index is 841. The number of aliphatic imine (C=N–C) groups is 1. The molecule has 134 valence electrons. The molecule has 2 rings (SSSR count). The first-order valence-electron chi connectivity index (χ1n) is 5.84. The van der Waals surface area contributed by atoms with E-state index in [1.54, 1.807) is 0 Å². The first-order valence-corrected chi connectivity index (χ1v) is 5.84. The molecule has 13 heteroatoms. The van der Waals surface area contributed by atoms with Crippen LogP contribution in [0.25, 0.3) is 0 Å². The summed E-state index contributed by atoms with van der Waals surface area (Å²) < 4.78 is 130. The van der Waals surface area contributed by atoms with Crippen LogP contribution in [0.4, 0.5) is 55.3 Å². The van der Waals surface area contributed by atoms with Crippen molar-refractivity contribution in [3.05, 3.63) is 58.2 Å². The van der Waals surface area contributed by atoms with Crippen molar-refractivity contribution in [2.75, 3.05) is 5.32 Å². The van der Waals surface area contributed by atoms with Crippen molar-refractivity contribution < 1.29 is 62.8 Å². The van der Waals surface area contributed by atoms with Crippen molar-refractivity contribution in [3.63, 3.8) is 0 Å². The van der Waals surface area contributed by atoms with E-state index in [2.05, 4.69) is 4.99 Å². The zero-order valence-corrected chi connectivity index (χ0v) is 12.2. The summed E-state index contributed by atoms with van der Waals surface area (Å²) in [5, 5.41) is 1.26. The van der Waals surface area contributed by atoms with Crippen LogP contribution in [0.15, 0.2) is 4.99 Å². The van der Waals surface area contributed by atoms with Gasteiger partial charge >= 0.3 is 18.9 Å². The Morgan fingerprint density at radius 2 is 0.808 bits per heavy atom. The molecule has 0 aliphatic rings. The fourth-order valence-corrected chi connectivity index (χ4v) is 1.55. The molecule has 2 aromatic carbocycles. The topological polar surface area (TPSA) is 24.4 Å². The summed E-state index contributed by atoms with van der Waals surface area (Å²) in [7, 11) is 0. The number of halogens is 10. The number of rotatable bonds is 3. The molecule has 0 aliphatic heterocycles. The van der Waals surface area contributed by atoms with Crippen LogP contribution in [0.3, 0.4) is 0 Å². The van der Waals surface area contributed by atoms with E-state index in [-0.39, 0.29) is 18.9 Å². The average Bonchev–Trinajstić information content (AvgIpc) is 2.60. The fourth-order valence-electron chi connectivity index (χ4n) is 1.55. The summed E-state index contributed by atoms with van der Waals surface area (Å²) in [6.07, 6.45) is 1.23. The number of hydrogen-bond acceptors (Lipinski definition) is 1. The molecule has 1 N–H and O–H groups in total. The van der Waals surface area contributed by atoms with Gasteiger partial charge in [-0.25, -0.2) is 43.9 Å². The Balaban J connectivity index is 0.00000338. The zero-order chi connectivity index (χ0) is 19.0. The molecule has 0 saturated carbocycles. The van der Waals surface area contributed by atoms with Gasteiger partial charge in [-0.15, -0.1) is 0 Å². The number of nitrogens with one attached hydrogen (secondary N) is 1. The summed E-state index contributed by atoms with van der Waals surface area (Å²) >= 11 is 0. The molecule has 0 fully saturated rings. The van der Waals surface area contributed by atoms with Gasteiger partial charge in [0.1, 0.15) is 23.3 Å². The molecule has 2 nitrogen and oxygen atoms in total. The largest absolute Gasteiger partial charge is 1.00 e. The second kappa shape index (κ2) is 8.01. The van der Waals surface area contributed by atoms with Gasteiger partial charge in [-0.1, -0.05) is 0 Å². The number of benzene rings is 2. The molecule has 0 aliphatic carbocycles. The first kappa shape index (κ1) is 21.8. The molecule has 0 amide bonds. The van der Waals surface area contributed by atoms with Gasteiger partial charge in [0, 0.05) is 17.7 Å². The predicted molar refractivity (Wildman–Crippen MR) is 63.2 cm³/mol. The number of nitrogens with zero attached hydrogens (tertiary/aromatic N) is 1. The summed E-state index contributed by atoms with van der Waals surface area (Å²) in [6.45, 7) is 0. The van der Waals surface area contributed by atoms with Crippen molar-refractivity contribution in [1.29, 1.82) is 0 Å². The number of hydrogen-bond donors (Lipinski definition) is 1. The van der Waals surface area contributed by atoms with Gasteiger partial charge in [0.25, 0.3) is 0 Å². The van der Waals surface area contributed by atoms with Gasteiger partial charge in [-0.05, 0) is 0 Å². The van der Waals surface area contributed by atoms with Crippen LogP contribution in [0, 0.1) is 58.2 Å². The second-order valence-electron chi connectivity index (χ2n) is 4.21. The Kier molecular flexibility index (Phi) is 6.73. The van der Waals surface area contributed by atoms with Crippen LogP contribution < -0.4 is 24.2 Å². The molecule has 0 radical (unpaired) electrons. The van der Waals surface area contributed by atoms with Crippen molar-refractivity contribution in [2.24, 2.45) is 4.99 Å². The third-order valence-electron chi connectivity index (χ3n) is 2.75. The molecule has 0 saturated heterocycles. The molecule has 0 unspecified atom stereocenters. The fraction of sp³-hybridized carbons (Fsp3) is 0. The smallest absolute Gasteiger partial charge is 0.447 e. The maximum atomic E-state index is 13.3. The van der Waals surface area contributed by atoms with Crippen molar-refractivity contribution in [2.45, 2.75) is 0 Å². The van der Waals surface area contributed by atoms with Crippen molar-refractivity contribution in [1.82, 2.24) is 0 Å². The SMILES string of the molecule is Fc1c(F)c(F)c(N=[C-]Nc2c(F)c(F)c(F)c(F)c2F)c(F)c1F.[Li+]. The molecule has 0 bridgehead atoms. The van der Waals surface area contributed by atoms with E-state index in [0.717, 1.165) is 0 Å². The molecule has 2 aromatic rings. The first-order chi connectivity index (χ1) is 11.6.